The quantitative estimate of drug-likeness (QED) is 0.194. The average molecular weight is 539 g/mol. The number of anilines is 3. The first kappa shape index (κ1) is 26.0. The highest BCUT2D eigenvalue weighted by Crippen LogP contribution is 2.28. The van der Waals surface area contributed by atoms with Gasteiger partial charge in [-0.3, -0.25) is 0 Å². The molecule has 0 unspecified atom stereocenters. The SMILES string of the molecule is CN(C)c1ccc2ccccc2c1[Si](c1c(N(C)C)ccc2ccccc12)c1c(N(C)C)ccc2ccccc12. The van der Waals surface area contributed by atoms with E-state index in [4.69, 9.17) is 0 Å². The molecule has 0 N–H and O–H groups in total. The Labute approximate surface area is 239 Å². The van der Waals surface area contributed by atoms with E-state index in [0.717, 1.165) is 0 Å². The number of rotatable bonds is 6. The molecule has 0 aliphatic rings. The molecule has 1 radical (unpaired) electrons. The Morgan fingerprint density at radius 1 is 0.350 bits per heavy atom. The number of benzene rings is 6. The van der Waals surface area contributed by atoms with Crippen molar-refractivity contribution in [3.63, 3.8) is 0 Å². The topological polar surface area (TPSA) is 9.72 Å². The highest BCUT2D eigenvalue weighted by Gasteiger charge is 2.33. The summed E-state index contributed by atoms with van der Waals surface area (Å²) in [5, 5.41) is 12.1. The largest absolute Gasteiger partial charge is 0.378 e. The van der Waals surface area contributed by atoms with Crippen molar-refractivity contribution in [3.8, 4) is 0 Å². The van der Waals surface area contributed by atoms with Gasteiger partial charge >= 0.3 is 0 Å². The van der Waals surface area contributed by atoms with Crippen molar-refractivity contribution < 1.29 is 0 Å². The van der Waals surface area contributed by atoms with Gasteiger partial charge in [-0.15, -0.1) is 0 Å². The maximum absolute atomic E-state index is 2.32. The normalized spacial score (nSPS) is 11.5. The second-order valence-electron chi connectivity index (χ2n) is 11.1. The van der Waals surface area contributed by atoms with Gasteiger partial charge in [0.15, 0.2) is 8.80 Å². The minimum absolute atomic E-state index is 1.28. The summed E-state index contributed by atoms with van der Waals surface area (Å²) in [6.45, 7) is 0. The summed E-state index contributed by atoms with van der Waals surface area (Å²) in [6.07, 6.45) is 0. The first-order chi connectivity index (χ1) is 19.4. The highest BCUT2D eigenvalue weighted by atomic mass is 28.3. The lowest BCUT2D eigenvalue weighted by atomic mass is 10.1. The van der Waals surface area contributed by atoms with Gasteiger partial charge in [0, 0.05) is 59.3 Å². The molecule has 0 aliphatic carbocycles. The van der Waals surface area contributed by atoms with Gasteiger partial charge in [0.1, 0.15) is 0 Å². The van der Waals surface area contributed by atoms with E-state index in [-0.39, 0.29) is 0 Å². The third-order valence-corrected chi connectivity index (χ3v) is 11.0. The fourth-order valence-electron chi connectivity index (χ4n) is 6.06. The van der Waals surface area contributed by atoms with Crippen LogP contribution in [0.5, 0.6) is 0 Å². The van der Waals surface area contributed by atoms with Crippen molar-refractivity contribution >= 4 is 73.7 Å². The molecule has 4 heteroatoms. The van der Waals surface area contributed by atoms with Gasteiger partial charge in [-0.2, -0.15) is 0 Å². The molecule has 0 saturated heterocycles. The van der Waals surface area contributed by atoms with Crippen LogP contribution < -0.4 is 30.3 Å². The van der Waals surface area contributed by atoms with Gasteiger partial charge in [0.2, 0.25) is 0 Å². The second-order valence-corrected chi connectivity index (χ2v) is 13.4. The zero-order chi connectivity index (χ0) is 28.0. The van der Waals surface area contributed by atoms with Gasteiger partial charge in [-0.25, -0.2) is 0 Å². The Morgan fingerprint density at radius 3 is 0.900 bits per heavy atom. The van der Waals surface area contributed by atoms with Gasteiger partial charge in [0.25, 0.3) is 0 Å². The minimum Gasteiger partial charge on any atom is -0.378 e. The Balaban J connectivity index is 1.90. The monoisotopic (exact) mass is 538 g/mol. The van der Waals surface area contributed by atoms with Crippen molar-refractivity contribution in [3.05, 3.63) is 109 Å². The van der Waals surface area contributed by atoms with Crippen LogP contribution in [0.2, 0.25) is 0 Å². The average Bonchev–Trinajstić information content (AvgIpc) is 2.96. The molecule has 0 bridgehead atoms. The molecule has 0 heterocycles. The smallest absolute Gasteiger partial charge is 0.165 e. The predicted octanol–water partition coefficient (Wildman–Crippen LogP) is 5.86. The first-order valence-electron chi connectivity index (χ1n) is 13.8. The van der Waals surface area contributed by atoms with Crippen LogP contribution in [0.15, 0.2) is 109 Å². The highest BCUT2D eigenvalue weighted by molar-refractivity contribution is 7.02. The van der Waals surface area contributed by atoms with Gasteiger partial charge in [-0.1, -0.05) is 91.0 Å². The predicted molar refractivity (Wildman–Crippen MR) is 179 cm³/mol. The molecule has 0 aromatic heterocycles. The Kier molecular flexibility index (Phi) is 6.73. The standard InChI is InChI=1S/C36H36N3Si/c1-37(2)31-22-19-25-13-7-10-16-28(25)34(31)40(35-29-17-11-8-14-26(29)20-23-32(35)38(3)4)36-30-18-12-9-15-27(30)21-24-33(36)39(5)6/h7-24H,1-6H3. The number of hydrogen-bond donors (Lipinski definition) is 0. The first-order valence-corrected chi connectivity index (χ1v) is 15.3. The van der Waals surface area contributed by atoms with E-state index in [9.17, 15) is 0 Å². The zero-order valence-electron chi connectivity index (χ0n) is 24.2. The van der Waals surface area contributed by atoms with Crippen molar-refractivity contribution in [1.82, 2.24) is 0 Å². The summed E-state index contributed by atoms with van der Waals surface area (Å²) in [5.41, 5.74) is 3.84. The second kappa shape index (κ2) is 10.4. The summed E-state index contributed by atoms with van der Waals surface area (Å²) in [7, 11) is 11.5. The van der Waals surface area contributed by atoms with E-state index in [1.54, 1.807) is 0 Å². The maximum Gasteiger partial charge on any atom is 0.165 e. The molecule has 0 saturated carbocycles. The molecule has 3 nitrogen and oxygen atoms in total. The number of fused-ring (bicyclic) bond motifs is 3. The molecule has 40 heavy (non-hydrogen) atoms. The maximum atomic E-state index is 2.32. The molecule has 0 amide bonds. The van der Waals surface area contributed by atoms with Crippen LogP contribution in [0, 0.1) is 0 Å². The van der Waals surface area contributed by atoms with Crippen molar-refractivity contribution in [1.29, 1.82) is 0 Å². The van der Waals surface area contributed by atoms with E-state index in [1.165, 1.54) is 64.9 Å². The van der Waals surface area contributed by atoms with Crippen LogP contribution in [0.4, 0.5) is 17.1 Å². The van der Waals surface area contributed by atoms with Crippen LogP contribution in [0.1, 0.15) is 0 Å². The van der Waals surface area contributed by atoms with E-state index in [2.05, 4.69) is 166 Å². The van der Waals surface area contributed by atoms with E-state index in [0.29, 0.717) is 0 Å². The molecule has 0 fully saturated rings. The Morgan fingerprint density at radius 2 is 0.625 bits per heavy atom. The third kappa shape index (κ3) is 4.29. The summed E-state index contributed by atoms with van der Waals surface area (Å²) < 4.78 is 0. The molecule has 0 spiro atoms. The summed E-state index contributed by atoms with van der Waals surface area (Å²) in [4.78, 5) is 6.90. The van der Waals surface area contributed by atoms with E-state index >= 15 is 0 Å². The van der Waals surface area contributed by atoms with Crippen molar-refractivity contribution in [2.24, 2.45) is 0 Å². The molecule has 6 aromatic carbocycles. The lowest BCUT2D eigenvalue weighted by molar-refractivity contribution is 1.14. The molecule has 6 aromatic rings. The zero-order valence-corrected chi connectivity index (χ0v) is 25.2. The van der Waals surface area contributed by atoms with E-state index < -0.39 is 8.80 Å². The van der Waals surface area contributed by atoms with Crippen LogP contribution in [0.25, 0.3) is 32.3 Å². The molecule has 6 rings (SSSR count). The molecule has 199 valence electrons. The van der Waals surface area contributed by atoms with E-state index in [1.807, 2.05) is 0 Å². The van der Waals surface area contributed by atoms with Crippen molar-refractivity contribution in [2.75, 3.05) is 57.0 Å². The van der Waals surface area contributed by atoms with Crippen LogP contribution in [0.3, 0.4) is 0 Å². The minimum atomic E-state index is -1.60. The molecule has 0 aliphatic heterocycles. The summed E-state index contributed by atoms with van der Waals surface area (Å²) in [6, 6.07) is 40.6. The lowest BCUT2D eigenvalue weighted by Gasteiger charge is -2.32. The van der Waals surface area contributed by atoms with Gasteiger partial charge < -0.3 is 14.7 Å². The Hall–Kier alpha value is -4.28. The Bertz CT molecular complexity index is 1640. The molecular formula is C36H36N3Si. The number of hydrogen-bond acceptors (Lipinski definition) is 3. The van der Waals surface area contributed by atoms with Crippen LogP contribution in [-0.4, -0.2) is 51.1 Å². The van der Waals surface area contributed by atoms with Gasteiger partial charge in [0.05, 0.1) is 0 Å². The summed E-state index contributed by atoms with van der Waals surface area (Å²) >= 11 is 0. The fraction of sp³-hybridized carbons (Fsp3) is 0.167. The third-order valence-electron chi connectivity index (χ3n) is 7.92. The molecular weight excluding hydrogens is 503 g/mol. The number of nitrogens with zero attached hydrogens (tertiary/aromatic N) is 3. The summed E-state index contributed by atoms with van der Waals surface area (Å²) in [5.74, 6) is 0. The van der Waals surface area contributed by atoms with Crippen LogP contribution >= 0.6 is 0 Å². The van der Waals surface area contributed by atoms with Crippen molar-refractivity contribution in [2.45, 2.75) is 0 Å². The lowest BCUT2D eigenvalue weighted by Crippen LogP contribution is -2.56. The fourth-order valence-corrected chi connectivity index (χ4v) is 9.99. The molecule has 0 atom stereocenters. The van der Waals surface area contributed by atoms with Crippen LogP contribution in [-0.2, 0) is 0 Å². The van der Waals surface area contributed by atoms with Gasteiger partial charge in [-0.05, 0) is 66.1 Å².